The summed E-state index contributed by atoms with van der Waals surface area (Å²) in [6.45, 7) is 4.72. The SMILES string of the molecule is CC(C)[C@H](C(=O)O[C@@H]1CC[C@@H]2CCCC[C@@H]2C1)N1CCCC1=O. The summed E-state index contributed by atoms with van der Waals surface area (Å²) in [7, 11) is 0. The van der Waals surface area contributed by atoms with E-state index < -0.39 is 6.04 Å². The Balaban J connectivity index is 1.59. The molecule has 2 saturated carbocycles. The minimum absolute atomic E-state index is 0.0702. The van der Waals surface area contributed by atoms with E-state index in [4.69, 9.17) is 4.74 Å². The van der Waals surface area contributed by atoms with Gasteiger partial charge in [0, 0.05) is 13.0 Å². The molecular weight excluding hydrogens is 290 g/mol. The monoisotopic (exact) mass is 321 g/mol. The smallest absolute Gasteiger partial charge is 0.329 e. The highest BCUT2D eigenvalue weighted by Crippen LogP contribution is 2.41. The van der Waals surface area contributed by atoms with Gasteiger partial charge in [0.2, 0.25) is 5.91 Å². The molecule has 0 aromatic rings. The van der Waals surface area contributed by atoms with Gasteiger partial charge < -0.3 is 9.64 Å². The molecule has 0 aromatic carbocycles. The summed E-state index contributed by atoms with van der Waals surface area (Å²) in [5.74, 6) is 1.66. The van der Waals surface area contributed by atoms with Crippen LogP contribution < -0.4 is 0 Å². The van der Waals surface area contributed by atoms with E-state index in [2.05, 4.69) is 0 Å². The maximum Gasteiger partial charge on any atom is 0.329 e. The first-order valence-electron chi connectivity index (χ1n) is 9.56. The lowest BCUT2D eigenvalue weighted by molar-refractivity contribution is -0.163. The molecule has 130 valence electrons. The van der Waals surface area contributed by atoms with Crippen molar-refractivity contribution < 1.29 is 14.3 Å². The molecule has 2 aliphatic carbocycles. The van der Waals surface area contributed by atoms with Crippen molar-refractivity contribution in [1.82, 2.24) is 4.90 Å². The highest BCUT2D eigenvalue weighted by atomic mass is 16.5. The number of carbonyl (C=O) groups is 2. The van der Waals surface area contributed by atoms with Crippen LogP contribution in [0.1, 0.15) is 71.6 Å². The van der Waals surface area contributed by atoms with Crippen molar-refractivity contribution in [3.05, 3.63) is 0 Å². The van der Waals surface area contributed by atoms with E-state index in [1.807, 2.05) is 13.8 Å². The van der Waals surface area contributed by atoms with Crippen molar-refractivity contribution >= 4 is 11.9 Å². The summed E-state index contributed by atoms with van der Waals surface area (Å²) in [6, 6.07) is -0.394. The van der Waals surface area contributed by atoms with Crippen LogP contribution in [0.5, 0.6) is 0 Å². The summed E-state index contributed by atoms with van der Waals surface area (Å²) in [4.78, 5) is 26.5. The van der Waals surface area contributed by atoms with Gasteiger partial charge in [-0.2, -0.15) is 0 Å². The Morgan fingerprint density at radius 2 is 1.83 bits per heavy atom. The number of esters is 1. The number of fused-ring (bicyclic) bond motifs is 1. The number of hydrogen-bond acceptors (Lipinski definition) is 3. The summed E-state index contributed by atoms with van der Waals surface area (Å²) in [6.07, 6.45) is 10.1. The van der Waals surface area contributed by atoms with E-state index in [1.54, 1.807) is 4.90 Å². The van der Waals surface area contributed by atoms with Crippen molar-refractivity contribution in [3.8, 4) is 0 Å². The van der Waals surface area contributed by atoms with Crippen LogP contribution in [0.25, 0.3) is 0 Å². The largest absolute Gasteiger partial charge is 0.461 e. The van der Waals surface area contributed by atoms with E-state index in [1.165, 1.54) is 32.1 Å². The molecule has 4 atom stereocenters. The fourth-order valence-corrected chi connectivity index (χ4v) is 4.89. The van der Waals surface area contributed by atoms with Gasteiger partial charge in [-0.05, 0) is 43.4 Å². The zero-order valence-corrected chi connectivity index (χ0v) is 14.6. The first-order valence-corrected chi connectivity index (χ1v) is 9.56. The van der Waals surface area contributed by atoms with Crippen molar-refractivity contribution in [2.45, 2.75) is 83.8 Å². The third kappa shape index (κ3) is 3.72. The second kappa shape index (κ2) is 7.23. The predicted molar refractivity (Wildman–Crippen MR) is 88.8 cm³/mol. The van der Waals surface area contributed by atoms with Crippen LogP contribution in [0.2, 0.25) is 0 Å². The Hall–Kier alpha value is -1.06. The lowest BCUT2D eigenvalue weighted by Gasteiger charge is -2.39. The minimum atomic E-state index is -0.394. The first-order chi connectivity index (χ1) is 11.1. The number of hydrogen-bond donors (Lipinski definition) is 0. The Labute approximate surface area is 139 Å². The zero-order valence-electron chi connectivity index (χ0n) is 14.6. The molecule has 23 heavy (non-hydrogen) atoms. The molecule has 0 N–H and O–H groups in total. The van der Waals surface area contributed by atoms with Crippen LogP contribution in [0.15, 0.2) is 0 Å². The normalized spacial score (nSPS) is 32.7. The Kier molecular flexibility index (Phi) is 5.27. The minimum Gasteiger partial charge on any atom is -0.461 e. The topological polar surface area (TPSA) is 46.6 Å². The second-order valence-electron chi connectivity index (χ2n) is 8.06. The van der Waals surface area contributed by atoms with Gasteiger partial charge in [0.1, 0.15) is 12.1 Å². The van der Waals surface area contributed by atoms with Crippen molar-refractivity contribution in [3.63, 3.8) is 0 Å². The van der Waals surface area contributed by atoms with Gasteiger partial charge in [-0.1, -0.05) is 39.5 Å². The number of likely N-dealkylation sites (tertiary alicyclic amines) is 1. The standard InChI is InChI=1S/C19H31NO3/c1-13(2)18(20-11-5-8-17(20)21)19(22)23-16-10-9-14-6-3-4-7-15(14)12-16/h13-16,18H,3-12H2,1-2H3/t14-,15+,16+,18+/m0/s1. The summed E-state index contributed by atoms with van der Waals surface area (Å²) >= 11 is 0. The molecule has 4 nitrogen and oxygen atoms in total. The summed E-state index contributed by atoms with van der Waals surface area (Å²) in [5.41, 5.74) is 0. The maximum absolute atomic E-state index is 12.7. The molecule has 0 aromatic heterocycles. The quantitative estimate of drug-likeness (QED) is 0.744. The predicted octanol–water partition coefficient (Wildman–Crippen LogP) is 3.54. The molecule has 0 bridgehead atoms. The molecule has 0 unspecified atom stereocenters. The van der Waals surface area contributed by atoms with Gasteiger partial charge in [-0.3, -0.25) is 4.79 Å². The van der Waals surface area contributed by atoms with E-state index in [9.17, 15) is 9.59 Å². The average Bonchev–Trinajstić information content (AvgIpc) is 2.93. The number of ether oxygens (including phenoxy) is 1. The molecule has 1 heterocycles. The number of rotatable bonds is 4. The van der Waals surface area contributed by atoms with Gasteiger partial charge in [-0.15, -0.1) is 0 Å². The van der Waals surface area contributed by atoms with Gasteiger partial charge in [0.05, 0.1) is 0 Å². The average molecular weight is 321 g/mol. The molecule has 3 fully saturated rings. The maximum atomic E-state index is 12.7. The molecule has 0 spiro atoms. The Bertz CT molecular complexity index is 448. The molecule has 1 aliphatic heterocycles. The molecular formula is C19H31NO3. The third-order valence-electron chi connectivity index (χ3n) is 6.09. The van der Waals surface area contributed by atoms with Crippen molar-refractivity contribution in [2.24, 2.45) is 17.8 Å². The lowest BCUT2D eigenvalue weighted by atomic mass is 9.70. The van der Waals surface area contributed by atoms with Crippen LogP contribution >= 0.6 is 0 Å². The zero-order chi connectivity index (χ0) is 16.4. The fourth-order valence-electron chi connectivity index (χ4n) is 4.89. The van der Waals surface area contributed by atoms with Crippen LogP contribution in [-0.4, -0.2) is 35.5 Å². The second-order valence-corrected chi connectivity index (χ2v) is 8.06. The summed E-state index contributed by atoms with van der Waals surface area (Å²) in [5, 5.41) is 0. The van der Waals surface area contributed by atoms with Crippen LogP contribution in [-0.2, 0) is 14.3 Å². The first kappa shape index (κ1) is 16.8. The number of carbonyl (C=O) groups excluding carboxylic acids is 2. The van der Waals surface area contributed by atoms with Crippen molar-refractivity contribution in [1.29, 1.82) is 0 Å². The van der Waals surface area contributed by atoms with E-state index in [0.29, 0.717) is 13.0 Å². The Morgan fingerprint density at radius 3 is 2.48 bits per heavy atom. The molecule has 0 radical (unpaired) electrons. The molecule has 3 aliphatic rings. The number of nitrogens with zero attached hydrogens (tertiary/aromatic N) is 1. The van der Waals surface area contributed by atoms with Gasteiger partial charge >= 0.3 is 5.97 Å². The third-order valence-corrected chi connectivity index (χ3v) is 6.09. The van der Waals surface area contributed by atoms with E-state index in [0.717, 1.165) is 31.1 Å². The van der Waals surface area contributed by atoms with E-state index in [-0.39, 0.29) is 23.9 Å². The molecule has 1 amide bonds. The van der Waals surface area contributed by atoms with Crippen molar-refractivity contribution in [2.75, 3.05) is 6.54 Å². The van der Waals surface area contributed by atoms with Gasteiger partial charge in [0.25, 0.3) is 0 Å². The van der Waals surface area contributed by atoms with Gasteiger partial charge in [-0.25, -0.2) is 4.79 Å². The number of amides is 1. The van der Waals surface area contributed by atoms with Crippen LogP contribution in [0.3, 0.4) is 0 Å². The van der Waals surface area contributed by atoms with Crippen LogP contribution in [0.4, 0.5) is 0 Å². The lowest BCUT2D eigenvalue weighted by Crippen LogP contribution is -2.47. The van der Waals surface area contributed by atoms with Gasteiger partial charge in [0.15, 0.2) is 0 Å². The fraction of sp³-hybridized carbons (Fsp3) is 0.895. The highest BCUT2D eigenvalue weighted by molar-refractivity contribution is 5.86. The molecule has 1 saturated heterocycles. The Morgan fingerprint density at radius 1 is 1.09 bits per heavy atom. The summed E-state index contributed by atoms with van der Waals surface area (Å²) < 4.78 is 5.89. The highest BCUT2D eigenvalue weighted by Gasteiger charge is 2.39. The molecule has 3 rings (SSSR count). The molecule has 4 heteroatoms. The van der Waals surface area contributed by atoms with Crippen LogP contribution in [0, 0.1) is 17.8 Å². The van der Waals surface area contributed by atoms with E-state index >= 15 is 0 Å².